The van der Waals surface area contributed by atoms with Crippen LogP contribution in [0.25, 0.3) is 0 Å². The van der Waals surface area contributed by atoms with Gasteiger partial charge < -0.3 is 4.90 Å². The number of thiophene rings is 1. The first kappa shape index (κ1) is 18.3. The Hall–Kier alpha value is -1.45. The van der Waals surface area contributed by atoms with E-state index in [0.29, 0.717) is 18.7 Å². The summed E-state index contributed by atoms with van der Waals surface area (Å²) >= 11 is 6.98. The molecule has 1 saturated heterocycles. The summed E-state index contributed by atoms with van der Waals surface area (Å²) in [6.07, 6.45) is 0. The Morgan fingerprint density at radius 3 is 2.52 bits per heavy atom. The van der Waals surface area contributed by atoms with Gasteiger partial charge in [-0.25, -0.2) is 13.6 Å². The van der Waals surface area contributed by atoms with Gasteiger partial charge in [0.2, 0.25) is 10.0 Å². The molecule has 1 fully saturated rings. The van der Waals surface area contributed by atoms with Crippen molar-refractivity contribution in [2.24, 2.45) is 5.14 Å². The molecule has 1 aliphatic heterocycles. The van der Waals surface area contributed by atoms with Crippen LogP contribution in [0.2, 0.25) is 5.02 Å². The number of rotatable bonds is 4. The minimum absolute atomic E-state index is 0.00967. The van der Waals surface area contributed by atoms with Gasteiger partial charge in [-0.2, -0.15) is 0 Å². The van der Waals surface area contributed by atoms with Gasteiger partial charge in [0, 0.05) is 43.1 Å². The molecule has 6 nitrogen and oxygen atoms in total. The van der Waals surface area contributed by atoms with E-state index in [9.17, 15) is 13.2 Å². The normalized spacial score (nSPS) is 16.2. The lowest BCUT2D eigenvalue weighted by Gasteiger charge is -2.34. The molecule has 0 aliphatic carbocycles. The van der Waals surface area contributed by atoms with Crippen LogP contribution >= 0.6 is 22.9 Å². The highest BCUT2D eigenvalue weighted by Gasteiger charge is 2.24. The molecule has 2 N–H and O–H groups in total. The van der Waals surface area contributed by atoms with Crippen LogP contribution < -0.4 is 5.14 Å². The zero-order valence-corrected chi connectivity index (χ0v) is 15.8. The number of sulfonamides is 1. The number of amides is 1. The van der Waals surface area contributed by atoms with Crippen LogP contribution in [0, 0.1) is 0 Å². The molecule has 0 atom stereocenters. The molecule has 0 radical (unpaired) electrons. The molecule has 2 aromatic rings. The fourth-order valence-corrected chi connectivity index (χ4v) is 4.56. The van der Waals surface area contributed by atoms with Crippen LogP contribution in [-0.2, 0) is 16.6 Å². The first-order valence-electron chi connectivity index (χ1n) is 7.70. The Morgan fingerprint density at radius 1 is 1.20 bits per heavy atom. The minimum atomic E-state index is -3.76. The molecule has 1 aromatic heterocycles. The van der Waals surface area contributed by atoms with E-state index in [0.717, 1.165) is 41.6 Å². The minimum Gasteiger partial charge on any atom is -0.336 e. The standard InChI is InChI=1S/C16H18ClN3O3S2/c17-14-3-1-2-12(8-14)10-19-4-6-20(7-5-19)16(21)13-9-15(24-11-13)25(18,22)23/h1-3,8-9,11H,4-7,10H2,(H2,18,22,23). The van der Waals surface area contributed by atoms with Gasteiger partial charge in [0.15, 0.2) is 0 Å². The van der Waals surface area contributed by atoms with Gasteiger partial charge >= 0.3 is 0 Å². The Kier molecular flexibility index (Phi) is 5.45. The van der Waals surface area contributed by atoms with Crippen molar-refractivity contribution in [3.63, 3.8) is 0 Å². The first-order chi connectivity index (χ1) is 11.8. The summed E-state index contributed by atoms with van der Waals surface area (Å²) in [4.78, 5) is 16.5. The van der Waals surface area contributed by atoms with Gasteiger partial charge in [0.05, 0.1) is 5.56 Å². The number of carbonyl (C=O) groups is 1. The van der Waals surface area contributed by atoms with E-state index in [4.69, 9.17) is 16.7 Å². The van der Waals surface area contributed by atoms with Gasteiger partial charge in [-0.05, 0) is 23.8 Å². The second-order valence-electron chi connectivity index (χ2n) is 5.90. The van der Waals surface area contributed by atoms with Crippen molar-refractivity contribution in [1.29, 1.82) is 0 Å². The van der Waals surface area contributed by atoms with E-state index < -0.39 is 10.0 Å². The van der Waals surface area contributed by atoms with Crippen molar-refractivity contribution in [2.45, 2.75) is 10.8 Å². The molecule has 1 amide bonds. The summed E-state index contributed by atoms with van der Waals surface area (Å²) in [5.41, 5.74) is 1.51. The Balaban J connectivity index is 1.58. The van der Waals surface area contributed by atoms with Crippen LogP contribution in [0.5, 0.6) is 0 Å². The quantitative estimate of drug-likeness (QED) is 0.852. The number of halogens is 1. The van der Waals surface area contributed by atoms with Crippen molar-refractivity contribution >= 4 is 38.9 Å². The zero-order valence-electron chi connectivity index (χ0n) is 13.4. The summed E-state index contributed by atoms with van der Waals surface area (Å²) in [6, 6.07) is 9.10. The molecule has 0 bridgehead atoms. The van der Waals surface area contributed by atoms with E-state index in [1.165, 1.54) is 6.07 Å². The van der Waals surface area contributed by atoms with Crippen molar-refractivity contribution in [1.82, 2.24) is 9.80 Å². The topological polar surface area (TPSA) is 83.7 Å². The predicted molar refractivity (Wildman–Crippen MR) is 98.3 cm³/mol. The predicted octanol–water partition coefficient (Wildman–Crippen LogP) is 2.01. The maximum absolute atomic E-state index is 12.5. The maximum Gasteiger partial charge on any atom is 0.254 e. The van der Waals surface area contributed by atoms with Gasteiger partial charge in [-0.1, -0.05) is 23.7 Å². The summed E-state index contributed by atoms with van der Waals surface area (Å²) < 4.78 is 22.7. The molecule has 9 heteroatoms. The molecule has 134 valence electrons. The fraction of sp³-hybridized carbons (Fsp3) is 0.312. The number of piperazine rings is 1. The van der Waals surface area contributed by atoms with E-state index in [2.05, 4.69) is 4.90 Å². The number of nitrogens with zero attached hydrogens (tertiary/aromatic N) is 2. The molecule has 0 unspecified atom stereocenters. The highest BCUT2D eigenvalue weighted by molar-refractivity contribution is 7.91. The van der Waals surface area contributed by atoms with Crippen LogP contribution in [-0.4, -0.2) is 50.3 Å². The maximum atomic E-state index is 12.5. The molecule has 1 aliphatic rings. The molecular formula is C16H18ClN3O3S2. The first-order valence-corrected chi connectivity index (χ1v) is 10.5. The third-order valence-electron chi connectivity index (χ3n) is 4.06. The van der Waals surface area contributed by atoms with Crippen LogP contribution in [0.3, 0.4) is 0 Å². The highest BCUT2D eigenvalue weighted by atomic mass is 35.5. The van der Waals surface area contributed by atoms with E-state index in [-0.39, 0.29) is 10.1 Å². The molecule has 0 saturated carbocycles. The summed E-state index contributed by atoms with van der Waals surface area (Å²) in [5.74, 6) is -0.159. The highest BCUT2D eigenvalue weighted by Crippen LogP contribution is 2.21. The second-order valence-corrected chi connectivity index (χ2v) is 9.03. The number of hydrogen-bond donors (Lipinski definition) is 1. The smallest absolute Gasteiger partial charge is 0.254 e. The number of benzene rings is 1. The second kappa shape index (κ2) is 7.43. The van der Waals surface area contributed by atoms with Crippen molar-refractivity contribution in [3.05, 3.63) is 51.9 Å². The van der Waals surface area contributed by atoms with E-state index >= 15 is 0 Å². The Bertz CT molecular complexity index is 874. The molecule has 25 heavy (non-hydrogen) atoms. The van der Waals surface area contributed by atoms with Gasteiger partial charge in [0.25, 0.3) is 5.91 Å². The largest absolute Gasteiger partial charge is 0.336 e. The summed E-state index contributed by atoms with van der Waals surface area (Å²) in [5, 5.41) is 7.35. The summed E-state index contributed by atoms with van der Waals surface area (Å²) in [7, 11) is -3.76. The van der Waals surface area contributed by atoms with Gasteiger partial charge in [0.1, 0.15) is 4.21 Å². The Morgan fingerprint density at radius 2 is 1.92 bits per heavy atom. The van der Waals surface area contributed by atoms with Crippen molar-refractivity contribution < 1.29 is 13.2 Å². The average molecular weight is 400 g/mol. The molecular weight excluding hydrogens is 382 g/mol. The van der Waals surface area contributed by atoms with Crippen LogP contribution in [0.4, 0.5) is 0 Å². The lowest BCUT2D eigenvalue weighted by molar-refractivity contribution is 0.0629. The molecule has 3 rings (SSSR count). The van der Waals surface area contributed by atoms with Crippen molar-refractivity contribution in [3.8, 4) is 0 Å². The lowest BCUT2D eigenvalue weighted by atomic mass is 10.2. The van der Waals surface area contributed by atoms with Crippen molar-refractivity contribution in [2.75, 3.05) is 26.2 Å². The molecule has 0 spiro atoms. The fourth-order valence-electron chi connectivity index (χ4n) is 2.76. The summed E-state index contributed by atoms with van der Waals surface area (Å²) in [6.45, 7) is 3.49. The third kappa shape index (κ3) is 4.59. The third-order valence-corrected chi connectivity index (χ3v) is 6.68. The van der Waals surface area contributed by atoms with Gasteiger partial charge in [-0.15, -0.1) is 11.3 Å². The van der Waals surface area contributed by atoms with E-state index in [1.54, 1.807) is 10.3 Å². The van der Waals surface area contributed by atoms with Gasteiger partial charge in [-0.3, -0.25) is 9.69 Å². The molecule has 2 heterocycles. The number of carbonyl (C=O) groups excluding carboxylic acids is 1. The van der Waals surface area contributed by atoms with Crippen LogP contribution in [0.1, 0.15) is 15.9 Å². The number of nitrogens with two attached hydrogens (primary N) is 1. The lowest BCUT2D eigenvalue weighted by Crippen LogP contribution is -2.48. The number of hydrogen-bond acceptors (Lipinski definition) is 5. The monoisotopic (exact) mass is 399 g/mol. The SMILES string of the molecule is NS(=O)(=O)c1cc(C(=O)N2CCN(Cc3cccc(Cl)c3)CC2)cs1. The zero-order chi connectivity index (χ0) is 18.0. The van der Waals surface area contributed by atoms with Crippen LogP contribution in [0.15, 0.2) is 39.9 Å². The average Bonchev–Trinajstić information content (AvgIpc) is 3.05. The van der Waals surface area contributed by atoms with E-state index in [1.807, 2.05) is 24.3 Å². The number of primary sulfonamides is 1. The molecule has 1 aromatic carbocycles. The Labute approximate surface area is 155 Å².